The predicted octanol–water partition coefficient (Wildman–Crippen LogP) is 5.17. The second-order valence-corrected chi connectivity index (χ2v) is 8.50. The number of carbonyl (C=O) groups excluding carboxylic acids is 2. The number of benzene rings is 1. The Balaban J connectivity index is 2.61. The minimum absolute atomic E-state index is 0.116. The quantitative estimate of drug-likeness (QED) is 0.182. The van der Waals surface area contributed by atoms with Crippen LogP contribution in [0.25, 0.3) is 0 Å². The van der Waals surface area contributed by atoms with E-state index in [1.807, 2.05) is 0 Å². The number of halogens is 6. The van der Waals surface area contributed by atoms with E-state index in [9.17, 15) is 44.3 Å². The predicted molar refractivity (Wildman–Crippen MR) is 105 cm³/mol. The SMILES string of the molecule is CCC(=O)OCCCCCCCC(=O)Oc1ccc(NS(=O)(=O)C(F)(F)F)c(C(F)(F)F)c1. The third kappa shape index (κ3) is 9.88. The number of sulfonamides is 1. The molecule has 33 heavy (non-hydrogen) atoms. The molecule has 0 unspecified atom stereocenters. The molecular weight excluding hydrogens is 484 g/mol. The highest BCUT2D eigenvalue weighted by Gasteiger charge is 2.47. The van der Waals surface area contributed by atoms with E-state index < -0.39 is 44.7 Å². The van der Waals surface area contributed by atoms with Gasteiger partial charge in [-0.25, -0.2) is 0 Å². The van der Waals surface area contributed by atoms with Crippen LogP contribution in [0.3, 0.4) is 0 Å². The van der Waals surface area contributed by atoms with Gasteiger partial charge in [0.25, 0.3) is 0 Å². The fourth-order valence-corrected chi connectivity index (χ4v) is 3.07. The number of ether oxygens (including phenoxy) is 2. The Bertz CT molecular complexity index is 914. The van der Waals surface area contributed by atoms with Crippen molar-refractivity contribution in [2.75, 3.05) is 11.3 Å². The van der Waals surface area contributed by atoms with Crippen LogP contribution in [0.4, 0.5) is 32.0 Å². The van der Waals surface area contributed by atoms with Crippen LogP contribution < -0.4 is 9.46 Å². The van der Waals surface area contributed by atoms with Crippen LogP contribution in [-0.2, 0) is 30.5 Å². The largest absolute Gasteiger partial charge is 0.516 e. The number of carbonyl (C=O) groups is 2. The maximum Gasteiger partial charge on any atom is 0.516 e. The highest BCUT2D eigenvalue weighted by molar-refractivity contribution is 7.93. The average molecular weight is 507 g/mol. The summed E-state index contributed by atoms with van der Waals surface area (Å²) in [5.74, 6) is -1.75. The van der Waals surface area contributed by atoms with Gasteiger partial charge in [0.05, 0.1) is 17.9 Å². The third-order valence-corrected chi connectivity index (χ3v) is 5.25. The van der Waals surface area contributed by atoms with Crippen LogP contribution >= 0.6 is 0 Å². The van der Waals surface area contributed by atoms with Gasteiger partial charge in [0.2, 0.25) is 0 Å². The molecule has 1 rings (SSSR count). The summed E-state index contributed by atoms with van der Waals surface area (Å²) in [5, 5.41) is 0. The zero-order valence-electron chi connectivity index (χ0n) is 17.5. The summed E-state index contributed by atoms with van der Waals surface area (Å²) in [5.41, 5.74) is -8.92. The normalized spacial score (nSPS) is 12.3. The Hall–Kier alpha value is -2.51. The van der Waals surface area contributed by atoms with Crippen molar-refractivity contribution in [2.24, 2.45) is 0 Å². The van der Waals surface area contributed by atoms with Crippen molar-refractivity contribution in [1.82, 2.24) is 0 Å². The molecule has 0 aliphatic rings. The van der Waals surface area contributed by atoms with Gasteiger partial charge in [-0.3, -0.25) is 14.3 Å². The average Bonchev–Trinajstić information content (AvgIpc) is 2.69. The molecule has 14 heteroatoms. The molecule has 7 nitrogen and oxygen atoms in total. The van der Waals surface area contributed by atoms with Crippen LogP contribution in [0, 0.1) is 0 Å². The van der Waals surface area contributed by atoms with E-state index in [1.165, 1.54) is 0 Å². The molecule has 188 valence electrons. The highest BCUT2D eigenvalue weighted by atomic mass is 32.2. The van der Waals surface area contributed by atoms with Gasteiger partial charge in [-0.1, -0.05) is 26.2 Å². The summed E-state index contributed by atoms with van der Waals surface area (Å²) in [6.45, 7) is 1.97. The molecular formula is C19H23F6NO6S. The lowest BCUT2D eigenvalue weighted by Crippen LogP contribution is -2.30. The molecule has 0 saturated heterocycles. The lowest BCUT2D eigenvalue weighted by Gasteiger charge is -2.17. The molecule has 0 aromatic heterocycles. The Labute approximate surface area is 186 Å². The Kier molecular flexibility index (Phi) is 10.5. The molecule has 0 radical (unpaired) electrons. The summed E-state index contributed by atoms with van der Waals surface area (Å²) < 4.78 is 110. The van der Waals surface area contributed by atoms with E-state index in [0.29, 0.717) is 38.4 Å². The molecule has 0 aliphatic carbocycles. The minimum atomic E-state index is -6.08. The van der Waals surface area contributed by atoms with Crippen molar-refractivity contribution in [3.05, 3.63) is 23.8 Å². The first kappa shape index (κ1) is 28.5. The van der Waals surface area contributed by atoms with Crippen molar-refractivity contribution in [3.8, 4) is 5.75 Å². The number of hydrogen-bond donors (Lipinski definition) is 1. The number of nitrogens with one attached hydrogen (secondary N) is 1. The van der Waals surface area contributed by atoms with Gasteiger partial charge in [-0.2, -0.15) is 34.8 Å². The summed E-state index contributed by atoms with van der Waals surface area (Å²) in [4.78, 5) is 22.8. The van der Waals surface area contributed by atoms with Gasteiger partial charge in [0.15, 0.2) is 0 Å². The molecule has 0 amide bonds. The van der Waals surface area contributed by atoms with E-state index >= 15 is 0 Å². The molecule has 0 heterocycles. The molecule has 1 aromatic rings. The summed E-state index contributed by atoms with van der Waals surface area (Å²) in [6.07, 6.45) is -1.93. The van der Waals surface area contributed by atoms with Crippen molar-refractivity contribution >= 4 is 27.6 Å². The minimum Gasteiger partial charge on any atom is -0.466 e. The van der Waals surface area contributed by atoms with Gasteiger partial charge >= 0.3 is 33.6 Å². The van der Waals surface area contributed by atoms with Crippen LogP contribution in [0.15, 0.2) is 18.2 Å². The molecule has 0 spiro atoms. The molecule has 1 aromatic carbocycles. The van der Waals surface area contributed by atoms with Crippen molar-refractivity contribution in [2.45, 2.75) is 63.6 Å². The zero-order valence-corrected chi connectivity index (χ0v) is 18.3. The molecule has 1 N–H and O–H groups in total. The number of esters is 2. The molecule has 0 atom stereocenters. The van der Waals surface area contributed by atoms with Crippen LogP contribution in [-0.4, -0.2) is 32.5 Å². The maximum absolute atomic E-state index is 13.2. The maximum atomic E-state index is 13.2. The molecule has 0 saturated carbocycles. The molecule has 0 fully saturated rings. The summed E-state index contributed by atoms with van der Waals surface area (Å²) in [6, 6.07) is 1.42. The standard InChI is InChI=1S/C19H23F6NO6S/c1-2-16(27)31-11-7-5-3-4-6-8-17(28)32-13-9-10-15(14(12-13)18(20,21)22)26-33(29,30)19(23,24)25/h9-10,12,26H,2-8,11H2,1H3. The van der Waals surface area contributed by atoms with E-state index in [1.54, 1.807) is 6.92 Å². The lowest BCUT2D eigenvalue weighted by molar-refractivity contribution is -0.143. The van der Waals surface area contributed by atoms with Gasteiger partial charge in [0, 0.05) is 12.8 Å². The van der Waals surface area contributed by atoms with E-state index in [-0.39, 0.29) is 18.5 Å². The zero-order chi connectivity index (χ0) is 25.3. The lowest BCUT2D eigenvalue weighted by atomic mass is 10.1. The number of alkyl halides is 6. The van der Waals surface area contributed by atoms with Crippen LogP contribution in [0.2, 0.25) is 0 Å². The van der Waals surface area contributed by atoms with Gasteiger partial charge < -0.3 is 9.47 Å². The highest BCUT2D eigenvalue weighted by Crippen LogP contribution is 2.39. The first-order valence-electron chi connectivity index (χ1n) is 9.84. The second kappa shape index (κ2) is 12.1. The second-order valence-electron chi connectivity index (χ2n) is 6.82. The summed E-state index contributed by atoms with van der Waals surface area (Å²) in [7, 11) is -6.08. The fraction of sp³-hybridized carbons (Fsp3) is 0.579. The van der Waals surface area contributed by atoms with E-state index in [0.717, 1.165) is 23.6 Å². The number of unbranched alkanes of at least 4 members (excludes halogenated alkanes) is 4. The Morgan fingerprint density at radius 2 is 1.55 bits per heavy atom. The van der Waals surface area contributed by atoms with Gasteiger partial charge in [-0.05, 0) is 31.0 Å². The first-order chi connectivity index (χ1) is 15.2. The van der Waals surface area contributed by atoms with Gasteiger partial charge in [0.1, 0.15) is 5.75 Å². The van der Waals surface area contributed by atoms with Gasteiger partial charge in [-0.15, -0.1) is 0 Å². The third-order valence-electron chi connectivity index (χ3n) is 4.15. The van der Waals surface area contributed by atoms with Crippen LogP contribution in [0.5, 0.6) is 5.75 Å². The number of hydrogen-bond acceptors (Lipinski definition) is 6. The molecule has 0 bridgehead atoms. The van der Waals surface area contributed by atoms with Crippen molar-refractivity contribution in [1.29, 1.82) is 0 Å². The summed E-state index contributed by atoms with van der Waals surface area (Å²) >= 11 is 0. The van der Waals surface area contributed by atoms with E-state index in [4.69, 9.17) is 9.47 Å². The first-order valence-corrected chi connectivity index (χ1v) is 11.3. The number of anilines is 1. The monoisotopic (exact) mass is 507 g/mol. The molecule has 0 aliphatic heterocycles. The number of rotatable bonds is 12. The van der Waals surface area contributed by atoms with Crippen molar-refractivity contribution < 1.29 is 53.8 Å². The Morgan fingerprint density at radius 1 is 0.939 bits per heavy atom. The van der Waals surface area contributed by atoms with Crippen molar-refractivity contribution in [3.63, 3.8) is 0 Å². The Morgan fingerprint density at radius 3 is 2.12 bits per heavy atom. The topological polar surface area (TPSA) is 98.8 Å². The fourth-order valence-electron chi connectivity index (χ4n) is 2.49. The van der Waals surface area contributed by atoms with E-state index in [2.05, 4.69) is 0 Å². The van der Waals surface area contributed by atoms with Crippen LogP contribution in [0.1, 0.15) is 57.4 Å². The smallest absolute Gasteiger partial charge is 0.466 e.